The summed E-state index contributed by atoms with van der Waals surface area (Å²) in [5, 5.41) is 11.1. The molecule has 11 heteroatoms. The van der Waals surface area contributed by atoms with Crippen LogP contribution in [0.15, 0.2) is 47.8 Å². The van der Waals surface area contributed by atoms with Crippen molar-refractivity contribution in [3.63, 3.8) is 0 Å². The molecular weight excluding hydrogens is 498 g/mol. The van der Waals surface area contributed by atoms with Crippen LogP contribution in [-0.4, -0.2) is 68.3 Å². The normalized spacial score (nSPS) is 17.1. The van der Waals surface area contributed by atoms with Crippen molar-refractivity contribution in [1.29, 1.82) is 0 Å². The van der Waals surface area contributed by atoms with Crippen molar-refractivity contribution >= 4 is 23.0 Å². The molecule has 1 spiro atoms. The second kappa shape index (κ2) is 9.40. The van der Waals surface area contributed by atoms with Crippen LogP contribution in [0.1, 0.15) is 55.1 Å². The van der Waals surface area contributed by atoms with Gasteiger partial charge in [-0.05, 0) is 43.4 Å². The third-order valence-electron chi connectivity index (χ3n) is 8.24. The number of hydrogen-bond acceptors (Lipinski definition) is 6. The van der Waals surface area contributed by atoms with Gasteiger partial charge in [-0.3, -0.25) is 19.5 Å². The van der Waals surface area contributed by atoms with Crippen LogP contribution >= 0.6 is 0 Å². The van der Waals surface area contributed by atoms with Gasteiger partial charge in [-0.25, -0.2) is 4.52 Å². The van der Waals surface area contributed by atoms with Crippen LogP contribution in [-0.2, 0) is 4.79 Å². The van der Waals surface area contributed by atoms with E-state index in [9.17, 15) is 14.4 Å². The van der Waals surface area contributed by atoms with Crippen LogP contribution in [0.4, 0.5) is 5.69 Å². The maximum Gasteiger partial charge on any atom is 0.275 e. The lowest BCUT2D eigenvalue weighted by Gasteiger charge is -2.38. The van der Waals surface area contributed by atoms with E-state index < -0.39 is 5.41 Å². The molecule has 0 atom stereocenters. The van der Waals surface area contributed by atoms with Crippen molar-refractivity contribution in [2.24, 2.45) is 5.41 Å². The summed E-state index contributed by atoms with van der Waals surface area (Å²) in [6, 6.07) is 7.56. The Labute approximate surface area is 224 Å². The van der Waals surface area contributed by atoms with Crippen molar-refractivity contribution in [3.8, 4) is 16.9 Å². The van der Waals surface area contributed by atoms with Gasteiger partial charge in [0.15, 0.2) is 0 Å². The van der Waals surface area contributed by atoms with Crippen molar-refractivity contribution in [2.45, 2.75) is 39.0 Å². The number of likely N-dealkylation sites (tertiary alicyclic amines) is 1. The number of benzene rings is 1. The molecule has 4 aromatic rings. The number of fused-ring (bicyclic) bond motifs is 1. The number of carbonyl (C=O) groups excluding carboxylic acids is 2. The molecule has 3 aromatic heterocycles. The summed E-state index contributed by atoms with van der Waals surface area (Å²) in [7, 11) is 1.62. The molecule has 2 fully saturated rings. The average Bonchev–Trinajstić information content (AvgIpc) is 3.68. The summed E-state index contributed by atoms with van der Waals surface area (Å²) in [4.78, 5) is 46.1. The summed E-state index contributed by atoms with van der Waals surface area (Å²) in [6.07, 6.45) is 6.77. The standard InChI is InChI=1S/C28H31N7O4/c1-17(2)22-13-21(24-25(36)29-16-32-35(22)24)26(37)33-9-6-28(7-10-33)8-11-34(27(28)38)19-4-5-20(23(12-19)39-3)18-14-30-31-15-18/h4-5,12-17H,6-11H2,1-3H3,(H,30,31)(H,29,32,36). The smallest absolute Gasteiger partial charge is 0.275 e. The lowest BCUT2D eigenvalue weighted by molar-refractivity contribution is -0.127. The number of amides is 2. The molecule has 11 nitrogen and oxygen atoms in total. The number of aromatic amines is 2. The summed E-state index contributed by atoms with van der Waals surface area (Å²) in [5.41, 5.74) is 3.19. The minimum absolute atomic E-state index is 0.0877. The number of piperidine rings is 1. The maximum absolute atomic E-state index is 13.7. The second-order valence-corrected chi connectivity index (χ2v) is 10.7. The van der Waals surface area contributed by atoms with E-state index in [0.29, 0.717) is 43.8 Å². The van der Waals surface area contributed by atoms with Gasteiger partial charge in [-0.2, -0.15) is 10.2 Å². The highest BCUT2D eigenvalue weighted by molar-refractivity contribution is 6.02. The Kier molecular flexibility index (Phi) is 6.00. The Balaban J connectivity index is 1.20. The summed E-state index contributed by atoms with van der Waals surface area (Å²) in [5.74, 6) is 0.653. The molecule has 2 aliphatic heterocycles. The minimum atomic E-state index is -0.502. The molecule has 0 radical (unpaired) electrons. The van der Waals surface area contributed by atoms with Crippen molar-refractivity contribution in [1.82, 2.24) is 29.7 Å². The SMILES string of the molecule is COc1cc(N2CCC3(CCN(C(=O)c4cc(C(C)C)n5nc[nH]c(=O)c45)CC3)C2=O)ccc1-c1cn[nH]c1. The van der Waals surface area contributed by atoms with E-state index in [1.807, 2.05) is 36.9 Å². The second-order valence-electron chi connectivity index (χ2n) is 10.7. The first kappa shape index (κ1) is 24.9. The first-order valence-corrected chi connectivity index (χ1v) is 13.2. The van der Waals surface area contributed by atoms with Gasteiger partial charge in [-0.15, -0.1) is 0 Å². The molecule has 0 unspecified atom stereocenters. The van der Waals surface area contributed by atoms with E-state index in [0.717, 1.165) is 28.9 Å². The highest BCUT2D eigenvalue weighted by Crippen LogP contribution is 2.44. The Morgan fingerprint density at radius 3 is 2.56 bits per heavy atom. The number of rotatable bonds is 5. The number of anilines is 1. The summed E-state index contributed by atoms with van der Waals surface area (Å²) >= 11 is 0. The largest absolute Gasteiger partial charge is 0.496 e. The number of nitrogens with zero attached hydrogens (tertiary/aromatic N) is 5. The fraction of sp³-hybridized carbons (Fsp3) is 0.393. The van der Waals surface area contributed by atoms with E-state index in [1.165, 1.54) is 6.33 Å². The van der Waals surface area contributed by atoms with E-state index in [-0.39, 0.29) is 28.8 Å². The molecule has 2 amide bonds. The van der Waals surface area contributed by atoms with Crippen molar-refractivity contribution in [3.05, 3.63) is 64.6 Å². The lowest BCUT2D eigenvalue weighted by atomic mass is 9.77. The molecule has 1 aromatic carbocycles. The van der Waals surface area contributed by atoms with E-state index >= 15 is 0 Å². The monoisotopic (exact) mass is 529 g/mol. The first-order valence-electron chi connectivity index (χ1n) is 13.2. The Bertz CT molecular complexity index is 1610. The van der Waals surface area contributed by atoms with Gasteiger partial charge in [0.25, 0.3) is 11.5 Å². The zero-order valence-electron chi connectivity index (χ0n) is 22.2. The summed E-state index contributed by atoms with van der Waals surface area (Å²) < 4.78 is 7.19. The van der Waals surface area contributed by atoms with Crippen LogP contribution in [0, 0.1) is 5.41 Å². The number of carbonyl (C=O) groups is 2. The Morgan fingerprint density at radius 2 is 1.87 bits per heavy atom. The van der Waals surface area contributed by atoms with Gasteiger partial charge >= 0.3 is 0 Å². The quantitative estimate of drug-likeness (QED) is 0.409. The Morgan fingerprint density at radius 1 is 1.10 bits per heavy atom. The van der Waals surface area contributed by atoms with Gasteiger partial charge < -0.3 is 19.5 Å². The predicted octanol–water partition coefficient (Wildman–Crippen LogP) is 3.20. The Hall–Kier alpha value is -4.41. The van der Waals surface area contributed by atoms with Gasteiger partial charge in [0.05, 0.1) is 24.3 Å². The van der Waals surface area contributed by atoms with Crippen molar-refractivity contribution < 1.29 is 14.3 Å². The van der Waals surface area contributed by atoms with Gasteiger partial charge in [0.1, 0.15) is 17.6 Å². The van der Waals surface area contributed by atoms with Crippen LogP contribution < -0.4 is 15.2 Å². The highest BCUT2D eigenvalue weighted by atomic mass is 16.5. The summed E-state index contributed by atoms with van der Waals surface area (Å²) in [6.45, 7) is 5.52. The minimum Gasteiger partial charge on any atom is -0.496 e. The molecule has 0 bridgehead atoms. The molecule has 5 heterocycles. The topological polar surface area (TPSA) is 129 Å². The molecule has 0 saturated carbocycles. The third kappa shape index (κ3) is 4.00. The van der Waals surface area contributed by atoms with Crippen LogP contribution in [0.2, 0.25) is 0 Å². The predicted molar refractivity (Wildman–Crippen MR) is 145 cm³/mol. The van der Waals surface area contributed by atoms with Crippen molar-refractivity contribution in [2.75, 3.05) is 31.6 Å². The fourth-order valence-corrected chi connectivity index (χ4v) is 5.97. The number of hydrogen-bond donors (Lipinski definition) is 2. The number of methoxy groups -OCH3 is 1. The van der Waals surface area contributed by atoms with E-state index in [1.54, 1.807) is 35.0 Å². The molecule has 202 valence electrons. The number of nitrogens with one attached hydrogen (secondary N) is 2. The molecule has 2 saturated heterocycles. The number of ether oxygens (including phenoxy) is 1. The third-order valence-corrected chi connectivity index (χ3v) is 8.24. The van der Waals surface area contributed by atoms with E-state index in [2.05, 4.69) is 20.3 Å². The maximum atomic E-state index is 13.7. The zero-order chi connectivity index (χ0) is 27.3. The molecule has 39 heavy (non-hydrogen) atoms. The number of aromatic nitrogens is 5. The van der Waals surface area contributed by atoms with E-state index in [4.69, 9.17) is 4.74 Å². The lowest BCUT2D eigenvalue weighted by Crippen LogP contribution is -2.46. The molecule has 6 rings (SSSR count). The molecule has 2 aliphatic rings. The number of H-pyrrole nitrogens is 2. The van der Waals surface area contributed by atoms with Gasteiger partial charge in [0, 0.05) is 54.4 Å². The van der Waals surface area contributed by atoms with Crippen LogP contribution in [0.3, 0.4) is 0 Å². The first-order chi connectivity index (χ1) is 18.8. The fourth-order valence-electron chi connectivity index (χ4n) is 5.97. The highest BCUT2D eigenvalue weighted by Gasteiger charge is 2.49. The van der Waals surface area contributed by atoms with Crippen LogP contribution in [0.25, 0.3) is 16.6 Å². The average molecular weight is 530 g/mol. The zero-order valence-corrected chi connectivity index (χ0v) is 22.2. The molecule has 2 N–H and O–H groups in total. The molecular formula is C28H31N7O4. The molecule has 0 aliphatic carbocycles. The van der Waals surface area contributed by atoms with Gasteiger partial charge in [0.2, 0.25) is 5.91 Å². The van der Waals surface area contributed by atoms with Crippen LogP contribution in [0.5, 0.6) is 5.75 Å². The van der Waals surface area contributed by atoms with Gasteiger partial charge in [-0.1, -0.05) is 13.8 Å².